The van der Waals surface area contributed by atoms with E-state index in [2.05, 4.69) is 63.4 Å². The molecule has 3 aromatic carbocycles. The van der Waals surface area contributed by atoms with Crippen LogP contribution in [0.2, 0.25) is 0 Å². The number of aliphatic hydroxyl groups is 1. The number of aromatic nitrogens is 7. The Bertz CT molecular complexity index is 1850. The quantitative estimate of drug-likeness (QED) is 0.167. The summed E-state index contributed by atoms with van der Waals surface area (Å²) in [5.41, 5.74) is 8.22. The molecule has 9 nitrogen and oxygen atoms in total. The molecule has 0 aliphatic rings. The van der Waals surface area contributed by atoms with Crippen LogP contribution >= 0.6 is 0 Å². The first kappa shape index (κ1) is 29.3. The molecule has 1 N–H and O–H groups in total. The van der Waals surface area contributed by atoms with E-state index in [9.17, 15) is 5.11 Å². The first-order chi connectivity index (χ1) is 21.6. The predicted molar refractivity (Wildman–Crippen MR) is 172 cm³/mol. The van der Waals surface area contributed by atoms with Crippen molar-refractivity contribution in [2.24, 2.45) is 0 Å². The number of nitrogens with zero attached hydrogens (tertiary/aromatic N) is 7. The third-order valence-corrected chi connectivity index (χ3v) is 7.86. The number of aryl methyl sites for hydroxylation is 1. The molecule has 0 amide bonds. The third kappa shape index (κ3) is 5.89. The highest BCUT2D eigenvalue weighted by molar-refractivity contribution is 5.82. The predicted octanol–water partition coefficient (Wildman–Crippen LogP) is 6.86. The number of ether oxygens (including phenoxy) is 1. The number of fused-ring (bicyclic) bond motifs is 1. The van der Waals surface area contributed by atoms with Crippen LogP contribution < -0.4 is 0 Å². The van der Waals surface area contributed by atoms with Crippen molar-refractivity contribution in [1.82, 2.24) is 34.7 Å². The second-order valence-electron chi connectivity index (χ2n) is 10.8. The van der Waals surface area contributed by atoms with E-state index in [-0.39, 0.29) is 12.8 Å². The lowest BCUT2D eigenvalue weighted by Gasteiger charge is -2.17. The zero-order chi connectivity index (χ0) is 30.5. The number of hydrogen-bond acceptors (Lipinski definition) is 7. The fraction of sp³-hybridized carbons (Fsp3) is 0.286. The van der Waals surface area contributed by atoms with E-state index in [1.807, 2.05) is 62.4 Å². The Kier molecular flexibility index (Phi) is 8.86. The van der Waals surface area contributed by atoms with Crippen LogP contribution in [0.25, 0.3) is 44.8 Å². The molecule has 0 aliphatic heterocycles. The van der Waals surface area contributed by atoms with Crippen molar-refractivity contribution in [2.75, 3.05) is 6.61 Å². The Morgan fingerprint density at radius 3 is 2.25 bits per heavy atom. The minimum Gasteiger partial charge on any atom is -0.390 e. The number of pyridine rings is 1. The zero-order valence-electron chi connectivity index (χ0n) is 25.4. The van der Waals surface area contributed by atoms with E-state index in [1.165, 1.54) is 0 Å². The maximum atomic E-state index is 10.3. The van der Waals surface area contributed by atoms with E-state index in [1.54, 1.807) is 4.68 Å². The molecule has 0 saturated heterocycles. The molecule has 0 radical (unpaired) electrons. The summed E-state index contributed by atoms with van der Waals surface area (Å²) in [6, 6.07) is 28.8. The first-order valence-electron chi connectivity index (χ1n) is 15.2. The summed E-state index contributed by atoms with van der Waals surface area (Å²) in [6.07, 6.45) is 2.59. The van der Waals surface area contributed by atoms with Gasteiger partial charge in [0, 0.05) is 24.2 Å². The molecule has 3 heterocycles. The second kappa shape index (κ2) is 13.3. The maximum Gasteiger partial charge on any atom is 0.185 e. The van der Waals surface area contributed by atoms with E-state index in [4.69, 9.17) is 14.7 Å². The summed E-state index contributed by atoms with van der Waals surface area (Å²) in [5.74, 6) is 1.62. The van der Waals surface area contributed by atoms with Gasteiger partial charge in [0.2, 0.25) is 0 Å². The molecule has 224 valence electrons. The monoisotopic (exact) mass is 587 g/mol. The number of imidazole rings is 1. The van der Waals surface area contributed by atoms with Crippen LogP contribution in [0, 0.1) is 0 Å². The molecule has 6 aromatic rings. The highest BCUT2D eigenvalue weighted by Crippen LogP contribution is 2.34. The Labute approximate surface area is 257 Å². The second-order valence-corrected chi connectivity index (χ2v) is 10.8. The number of benzene rings is 3. The van der Waals surface area contributed by atoms with Crippen LogP contribution in [0.5, 0.6) is 0 Å². The highest BCUT2D eigenvalue weighted by atomic mass is 16.5. The van der Waals surface area contributed by atoms with Gasteiger partial charge < -0.3 is 14.4 Å². The molecule has 1 atom stereocenters. The fourth-order valence-corrected chi connectivity index (χ4v) is 5.67. The average molecular weight is 588 g/mol. The lowest BCUT2D eigenvalue weighted by atomic mass is 9.96. The summed E-state index contributed by atoms with van der Waals surface area (Å²) >= 11 is 0. The largest absolute Gasteiger partial charge is 0.390 e. The van der Waals surface area contributed by atoms with Gasteiger partial charge in [0.1, 0.15) is 11.3 Å². The minimum atomic E-state index is -0.324. The Hall–Kier alpha value is -4.73. The van der Waals surface area contributed by atoms with Gasteiger partial charge in [-0.05, 0) is 65.1 Å². The van der Waals surface area contributed by atoms with E-state index < -0.39 is 0 Å². The van der Waals surface area contributed by atoms with Gasteiger partial charge in [0.15, 0.2) is 17.7 Å². The lowest BCUT2D eigenvalue weighted by molar-refractivity contribution is 0.0159. The number of rotatable bonds is 12. The number of tetrazole rings is 1. The van der Waals surface area contributed by atoms with Crippen molar-refractivity contribution in [2.45, 2.75) is 59.4 Å². The number of unbranched alkanes of at least 4 members (excludes halogenated alkanes) is 1. The SMILES string of the molecule is CCCCc1nc2cc(-c3ccccc3)c(CO)nc2n1Cc1ccc(-c2ccccc2)c(-c2nnnn2C(C)OCC)c1. The Balaban J connectivity index is 1.48. The standard InChI is InChI=1S/C35H37N7O2/c1-4-6-17-33-36-31-21-29(27-15-11-8-12-16-27)32(23-43)37-35(31)41(33)22-25-18-19-28(26-13-9-7-10-14-26)30(20-25)34-38-39-40-42(34)24(3)44-5-2/h7-16,18-21,24,43H,4-6,17,22-23H2,1-3H3. The van der Waals surface area contributed by atoms with Gasteiger partial charge in [-0.15, -0.1) is 5.10 Å². The average Bonchev–Trinajstić information content (AvgIpc) is 3.69. The minimum absolute atomic E-state index is 0.160. The molecule has 0 spiro atoms. The van der Waals surface area contributed by atoms with Crippen molar-refractivity contribution in [3.05, 3.63) is 102 Å². The van der Waals surface area contributed by atoms with Crippen LogP contribution in [0.1, 0.15) is 56.9 Å². The lowest BCUT2D eigenvalue weighted by Crippen LogP contribution is -2.13. The fourth-order valence-electron chi connectivity index (χ4n) is 5.67. The van der Waals surface area contributed by atoms with E-state index in [0.717, 1.165) is 69.6 Å². The van der Waals surface area contributed by atoms with Crippen LogP contribution in [0.15, 0.2) is 84.9 Å². The van der Waals surface area contributed by atoms with Crippen LogP contribution in [0.4, 0.5) is 0 Å². The van der Waals surface area contributed by atoms with Gasteiger partial charge in [-0.1, -0.05) is 86.1 Å². The van der Waals surface area contributed by atoms with Crippen molar-refractivity contribution >= 4 is 11.2 Å². The summed E-state index contributed by atoms with van der Waals surface area (Å²) in [5, 5.41) is 23.1. The van der Waals surface area contributed by atoms with Gasteiger partial charge in [-0.3, -0.25) is 0 Å². The van der Waals surface area contributed by atoms with Gasteiger partial charge in [-0.2, -0.15) is 4.68 Å². The molecular weight excluding hydrogens is 550 g/mol. The molecular formula is C35H37N7O2. The Morgan fingerprint density at radius 2 is 1.57 bits per heavy atom. The highest BCUT2D eigenvalue weighted by Gasteiger charge is 2.21. The van der Waals surface area contributed by atoms with E-state index in [0.29, 0.717) is 24.7 Å². The van der Waals surface area contributed by atoms with Crippen molar-refractivity contribution < 1.29 is 9.84 Å². The molecule has 0 fully saturated rings. The normalized spacial score (nSPS) is 12.2. The van der Waals surface area contributed by atoms with Crippen LogP contribution in [-0.2, 0) is 24.3 Å². The van der Waals surface area contributed by atoms with Crippen LogP contribution in [-0.4, -0.2) is 46.5 Å². The smallest absolute Gasteiger partial charge is 0.185 e. The summed E-state index contributed by atoms with van der Waals surface area (Å²) in [4.78, 5) is 10.1. The van der Waals surface area contributed by atoms with Gasteiger partial charge in [-0.25, -0.2) is 9.97 Å². The molecule has 1 unspecified atom stereocenters. The third-order valence-electron chi connectivity index (χ3n) is 7.86. The zero-order valence-corrected chi connectivity index (χ0v) is 25.4. The molecule has 0 bridgehead atoms. The first-order valence-corrected chi connectivity index (χ1v) is 15.2. The topological polar surface area (TPSA) is 104 Å². The molecule has 0 saturated carbocycles. The molecule has 9 heteroatoms. The van der Waals surface area contributed by atoms with Gasteiger partial charge in [0.25, 0.3) is 0 Å². The van der Waals surface area contributed by atoms with Crippen molar-refractivity contribution in [3.8, 4) is 33.6 Å². The summed E-state index contributed by atoms with van der Waals surface area (Å²) in [7, 11) is 0. The Morgan fingerprint density at radius 1 is 0.841 bits per heavy atom. The number of hydrogen-bond donors (Lipinski definition) is 1. The maximum absolute atomic E-state index is 10.3. The van der Waals surface area contributed by atoms with Gasteiger partial charge >= 0.3 is 0 Å². The summed E-state index contributed by atoms with van der Waals surface area (Å²) in [6.45, 7) is 7.04. The molecule has 0 aliphatic carbocycles. The number of aliphatic hydroxyl groups excluding tert-OH is 1. The van der Waals surface area contributed by atoms with Crippen LogP contribution in [0.3, 0.4) is 0 Å². The molecule has 3 aromatic heterocycles. The van der Waals surface area contributed by atoms with Crippen molar-refractivity contribution in [1.29, 1.82) is 0 Å². The van der Waals surface area contributed by atoms with Crippen molar-refractivity contribution in [3.63, 3.8) is 0 Å². The summed E-state index contributed by atoms with van der Waals surface area (Å²) < 4.78 is 9.77. The van der Waals surface area contributed by atoms with E-state index >= 15 is 0 Å². The van der Waals surface area contributed by atoms with Gasteiger partial charge in [0.05, 0.1) is 18.8 Å². The molecule has 44 heavy (non-hydrogen) atoms. The molecule has 6 rings (SSSR count).